The van der Waals surface area contributed by atoms with Gasteiger partial charge in [-0.2, -0.15) is 0 Å². The number of pyridine rings is 2. The molecule has 0 aliphatic carbocycles. The Hall–Kier alpha value is -3.66. The molecule has 0 atom stereocenters. The lowest BCUT2D eigenvalue weighted by atomic mass is 10.0. The number of likely N-dealkylation sites (tertiary alicyclic amines) is 1. The monoisotopic (exact) mass is 472 g/mol. The smallest absolute Gasteiger partial charge is 0.275 e. The number of carbonyl (C=O) groups excluding carboxylic acids is 2. The lowest BCUT2D eigenvalue weighted by Crippen LogP contribution is -2.41. The average Bonchev–Trinajstić information content (AvgIpc) is 3.63. The van der Waals surface area contributed by atoms with Gasteiger partial charge in [-0.15, -0.1) is 10.2 Å². The lowest BCUT2D eigenvalue weighted by molar-refractivity contribution is -0.131. The van der Waals surface area contributed by atoms with Crippen molar-refractivity contribution >= 4 is 17.6 Å². The van der Waals surface area contributed by atoms with Crippen molar-refractivity contribution in [2.75, 3.05) is 31.5 Å². The molecule has 0 unspecified atom stereocenters. The number of hydrogen-bond acceptors (Lipinski definition) is 7. The molecule has 0 bridgehead atoms. The molecule has 10 heteroatoms. The minimum atomic E-state index is -0.311. The van der Waals surface area contributed by atoms with Crippen molar-refractivity contribution in [3.8, 4) is 11.5 Å². The normalized spacial score (nSPS) is 17.3. The van der Waals surface area contributed by atoms with Gasteiger partial charge in [0.2, 0.25) is 5.91 Å². The molecule has 2 amide bonds. The van der Waals surface area contributed by atoms with Crippen LogP contribution in [0.1, 0.15) is 46.7 Å². The lowest BCUT2D eigenvalue weighted by Gasteiger charge is -2.29. The van der Waals surface area contributed by atoms with Gasteiger partial charge in [-0.3, -0.25) is 19.5 Å². The van der Waals surface area contributed by atoms with Crippen LogP contribution in [0.25, 0.3) is 11.5 Å². The molecule has 0 saturated carbocycles. The number of hydrogen-bond donors (Lipinski definition) is 1. The van der Waals surface area contributed by atoms with Crippen LogP contribution in [-0.4, -0.2) is 72.5 Å². The number of nitrogens with one attached hydrogen (secondary N) is 1. The number of carbonyl (C=O) groups is 2. The van der Waals surface area contributed by atoms with E-state index in [9.17, 15) is 9.59 Å². The largest absolute Gasteiger partial charge is 0.342 e. The molecular formula is C25H28N8O2. The molecule has 6 rings (SSSR count). The van der Waals surface area contributed by atoms with E-state index < -0.39 is 0 Å². The first kappa shape index (κ1) is 21.8. The third-order valence-corrected chi connectivity index (χ3v) is 7.05. The van der Waals surface area contributed by atoms with Gasteiger partial charge in [0.25, 0.3) is 5.91 Å². The Morgan fingerprint density at radius 1 is 0.971 bits per heavy atom. The van der Waals surface area contributed by atoms with Crippen molar-refractivity contribution in [3.63, 3.8) is 0 Å². The molecule has 3 aliphatic heterocycles. The SMILES string of the molecule is O=C(Nc1cccc(-c2nnc3n2CCC3)n1)c1cc2c(cn1)CCN(CC(=O)N1CCCC1)C2. The highest BCUT2D eigenvalue weighted by Gasteiger charge is 2.24. The third-order valence-electron chi connectivity index (χ3n) is 7.05. The van der Waals surface area contributed by atoms with Crippen molar-refractivity contribution in [1.29, 1.82) is 0 Å². The van der Waals surface area contributed by atoms with Crippen molar-refractivity contribution < 1.29 is 9.59 Å². The Bertz CT molecular complexity index is 1280. The number of aromatic nitrogens is 5. The molecule has 3 aromatic heterocycles. The van der Waals surface area contributed by atoms with Crippen LogP contribution in [0.5, 0.6) is 0 Å². The summed E-state index contributed by atoms with van der Waals surface area (Å²) in [5.41, 5.74) is 3.20. The van der Waals surface area contributed by atoms with Crippen LogP contribution in [-0.2, 0) is 30.7 Å². The maximum absolute atomic E-state index is 13.0. The van der Waals surface area contributed by atoms with E-state index >= 15 is 0 Å². The highest BCUT2D eigenvalue weighted by molar-refractivity contribution is 6.02. The van der Waals surface area contributed by atoms with Crippen molar-refractivity contribution in [2.24, 2.45) is 0 Å². The summed E-state index contributed by atoms with van der Waals surface area (Å²) in [6, 6.07) is 7.32. The molecule has 1 N–H and O–H groups in total. The predicted molar refractivity (Wildman–Crippen MR) is 129 cm³/mol. The number of aryl methyl sites for hydroxylation is 1. The molecule has 6 heterocycles. The van der Waals surface area contributed by atoms with E-state index in [1.165, 1.54) is 0 Å². The summed E-state index contributed by atoms with van der Waals surface area (Å²) < 4.78 is 2.08. The van der Waals surface area contributed by atoms with Gasteiger partial charge >= 0.3 is 0 Å². The van der Waals surface area contributed by atoms with Crippen LogP contribution in [0.2, 0.25) is 0 Å². The van der Waals surface area contributed by atoms with Gasteiger partial charge in [-0.1, -0.05) is 6.07 Å². The van der Waals surface area contributed by atoms with Crippen LogP contribution >= 0.6 is 0 Å². The van der Waals surface area contributed by atoms with Crippen molar-refractivity contribution in [2.45, 2.75) is 45.2 Å². The molecule has 0 radical (unpaired) electrons. The number of fused-ring (bicyclic) bond motifs is 2. The van der Waals surface area contributed by atoms with Gasteiger partial charge in [0, 0.05) is 45.3 Å². The van der Waals surface area contributed by atoms with Gasteiger partial charge in [0.1, 0.15) is 23.0 Å². The van der Waals surface area contributed by atoms with Gasteiger partial charge in [0.15, 0.2) is 5.82 Å². The van der Waals surface area contributed by atoms with Crippen LogP contribution in [0.4, 0.5) is 5.82 Å². The number of anilines is 1. The first-order valence-corrected chi connectivity index (χ1v) is 12.3. The highest BCUT2D eigenvalue weighted by Crippen LogP contribution is 2.24. The summed E-state index contributed by atoms with van der Waals surface area (Å²) >= 11 is 0. The minimum absolute atomic E-state index is 0.197. The molecule has 35 heavy (non-hydrogen) atoms. The zero-order valence-electron chi connectivity index (χ0n) is 19.6. The minimum Gasteiger partial charge on any atom is -0.342 e. The Morgan fingerprint density at radius 2 is 1.86 bits per heavy atom. The molecule has 10 nitrogen and oxygen atoms in total. The summed E-state index contributed by atoms with van der Waals surface area (Å²) in [6.07, 6.45) is 6.78. The average molecular weight is 473 g/mol. The zero-order valence-corrected chi connectivity index (χ0v) is 19.6. The second kappa shape index (κ2) is 9.18. The van der Waals surface area contributed by atoms with Gasteiger partial charge < -0.3 is 14.8 Å². The topological polar surface area (TPSA) is 109 Å². The molecule has 1 fully saturated rings. The van der Waals surface area contributed by atoms with E-state index in [-0.39, 0.29) is 11.8 Å². The molecule has 3 aliphatic rings. The predicted octanol–water partition coefficient (Wildman–Crippen LogP) is 1.91. The fourth-order valence-electron chi connectivity index (χ4n) is 5.16. The quantitative estimate of drug-likeness (QED) is 0.604. The van der Waals surface area contributed by atoms with Gasteiger partial charge in [-0.25, -0.2) is 4.98 Å². The summed E-state index contributed by atoms with van der Waals surface area (Å²) in [7, 11) is 0. The maximum Gasteiger partial charge on any atom is 0.275 e. The fraction of sp³-hybridized carbons (Fsp3) is 0.440. The second-order valence-electron chi connectivity index (χ2n) is 9.44. The van der Waals surface area contributed by atoms with E-state index in [1.807, 2.05) is 23.1 Å². The highest BCUT2D eigenvalue weighted by atomic mass is 16.2. The fourth-order valence-corrected chi connectivity index (χ4v) is 5.16. The van der Waals surface area contributed by atoms with Gasteiger partial charge in [0.05, 0.1) is 6.54 Å². The summed E-state index contributed by atoms with van der Waals surface area (Å²) in [5, 5.41) is 11.4. The summed E-state index contributed by atoms with van der Waals surface area (Å²) in [6.45, 7) is 4.51. The Morgan fingerprint density at radius 3 is 2.74 bits per heavy atom. The number of nitrogens with zero attached hydrogens (tertiary/aromatic N) is 7. The first-order valence-electron chi connectivity index (χ1n) is 12.3. The molecule has 3 aromatic rings. The number of amides is 2. The Balaban J connectivity index is 1.14. The molecular weight excluding hydrogens is 444 g/mol. The van der Waals surface area contributed by atoms with E-state index in [0.29, 0.717) is 30.3 Å². The Labute approximate surface area is 203 Å². The van der Waals surface area contributed by atoms with Crippen molar-refractivity contribution in [3.05, 3.63) is 53.1 Å². The van der Waals surface area contributed by atoms with Crippen LogP contribution < -0.4 is 5.32 Å². The molecule has 1 saturated heterocycles. The third kappa shape index (κ3) is 4.41. The summed E-state index contributed by atoms with van der Waals surface area (Å²) in [4.78, 5) is 38.7. The summed E-state index contributed by atoms with van der Waals surface area (Å²) in [5.74, 6) is 2.03. The molecule has 0 aromatic carbocycles. The first-order chi connectivity index (χ1) is 17.1. The molecule has 180 valence electrons. The van der Waals surface area contributed by atoms with Crippen LogP contribution in [0, 0.1) is 0 Å². The van der Waals surface area contributed by atoms with Crippen molar-refractivity contribution in [1.82, 2.24) is 34.5 Å². The second-order valence-corrected chi connectivity index (χ2v) is 9.44. The van der Waals surface area contributed by atoms with Gasteiger partial charge in [-0.05, 0) is 55.0 Å². The standard InChI is InChI=1S/C25H28N8O2/c34-23(32-9-1-2-10-32)16-31-12-8-17-14-26-20(13-18(17)15-31)25(35)28-21-6-3-5-19(27-21)24-30-29-22-7-4-11-33(22)24/h3,5-6,13-14H,1-2,4,7-12,15-16H2,(H,27,28,35). The number of rotatable bonds is 5. The van der Waals surface area contributed by atoms with E-state index in [1.54, 1.807) is 12.3 Å². The zero-order chi connectivity index (χ0) is 23.8. The molecule has 0 spiro atoms. The van der Waals surface area contributed by atoms with Crippen LogP contribution in [0.15, 0.2) is 30.5 Å². The van der Waals surface area contributed by atoms with Crippen LogP contribution in [0.3, 0.4) is 0 Å². The maximum atomic E-state index is 13.0. The van der Waals surface area contributed by atoms with E-state index in [2.05, 4.69) is 34.9 Å². The Kier molecular flexibility index (Phi) is 5.73. The van der Waals surface area contributed by atoms with E-state index in [4.69, 9.17) is 0 Å². The van der Waals surface area contributed by atoms with E-state index in [0.717, 1.165) is 81.1 Å².